The lowest BCUT2D eigenvalue weighted by atomic mass is 10.2. The van der Waals surface area contributed by atoms with Gasteiger partial charge in [-0.3, -0.25) is 9.59 Å². The molecular formula is C15H28N2O2. The highest BCUT2D eigenvalue weighted by Gasteiger charge is 2.21. The molecule has 1 saturated heterocycles. The van der Waals surface area contributed by atoms with E-state index in [-0.39, 0.29) is 18.2 Å². The molecule has 19 heavy (non-hydrogen) atoms. The van der Waals surface area contributed by atoms with Crippen molar-refractivity contribution >= 4 is 11.8 Å². The van der Waals surface area contributed by atoms with Gasteiger partial charge < -0.3 is 9.80 Å². The van der Waals surface area contributed by atoms with Gasteiger partial charge >= 0.3 is 0 Å². The average molecular weight is 268 g/mol. The maximum Gasteiger partial charge on any atom is 0.232 e. The highest BCUT2D eigenvalue weighted by molar-refractivity contribution is 5.96. The Morgan fingerprint density at radius 3 is 1.95 bits per heavy atom. The summed E-state index contributed by atoms with van der Waals surface area (Å²) in [6.07, 6.45) is 6.51. The number of carbonyl (C=O) groups is 2. The molecule has 0 spiro atoms. The van der Waals surface area contributed by atoms with E-state index < -0.39 is 0 Å². The largest absolute Gasteiger partial charge is 0.342 e. The lowest BCUT2D eigenvalue weighted by Gasteiger charge is -2.24. The molecule has 0 aromatic carbocycles. The summed E-state index contributed by atoms with van der Waals surface area (Å²) in [5.74, 6) is 0.0158. The van der Waals surface area contributed by atoms with Crippen molar-refractivity contribution < 1.29 is 9.59 Å². The first kappa shape index (κ1) is 16.0. The number of hydrogen-bond donors (Lipinski definition) is 0. The monoisotopic (exact) mass is 268 g/mol. The first-order chi connectivity index (χ1) is 9.19. The fraction of sp³-hybridized carbons (Fsp3) is 0.867. The summed E-state index contributed by atoms with van der Waals surface area (Å²) < 4.78 is 0. The Bertz CT molecular complexity index is 266. The van der Waals surface area contributed by atoms with Gasteiger partial charge in [0, 0.05) is 26.2 Å². The number of amides is 2. The molecule has 1 rings (SSSR count). The van der Waals surface area contributed by atoms with Crippen LogP contribution in [0, 0.1) is 0 Å². The highest BCUT2D eigenvalue weighted by atomic mass is 16.2. The van der Waals surface area contributed by atoms with Crippen LogP contribution in [0.2, 0.25) is 0 Å². The Balaban J connectivity index is 2.46. The minimum Gasteiger partial charge on any atom is -0.342 e. The predicted octanol–water partition coefficient (Wildman–Crippen LogP) is 2.43. The average Bonchev–Trinajstić information content (AvgIpc) is 2.67. The number of nitrogens with zero attached hydrogens (tertiary/aromatic N) is 2. The molecule has 4 heteroatoms. The first-order valence-corrected chi connectivity index (χ1v) is 7.74. The van der Waals surface area contributed by atoms with Crippen LogP contribution in [0.5, 0.6) is 0 Å². The Labute approximate surface area is 117 Å². The topological polar surface area (TPSA) is 40.6 Å². The number of rotatable bonds is 6. The molecule has 0 N–H and O–H groups in total. The number of hydrogen-bond acceptors (Lipinski definition) is 2. The predicted molar refractivity (Wildman–Crippen MR) is 76.8 cm³/mol. The number of carbonyl (C=O) groups excluding carboxylic acids is 2. The van der Waals surface area contributed by atoms with E-state index in [4.69, 9.17) is 0 Å². The van der Waals surface area contributed by atoms with Gasteiger partial charge in [-0.1, -0.05) is 26.7 Å². The second-order valence-electron chi connectivity index (χ2n) is 5.35. The van der Waals surface area contributed by atoms with E-state index in [9.17, 15) is 9.59 Å². The van der Waals surface area contributed by atoms with Gasteiger partial charge in [-0.15, -0.1) is 0 Å². The van der Waals surface area contributed by atoms with E-state index in [1.165, 1.54) is 12.8 Å². The quantitative estimate of drug-likeness (QED) is 0.694. The molecule has 0 unspecified atom stereocenters. The van der Waals surface area contributed by atoms with Crippen LogP contribution in [0.1, 0.15) is 58.8 Å². The van der Waals surface area contributed by atoms with E-state index >= 15 is 0 Å². The molecule has 1 fully saturated rings. The summed E-state index contributed by atoms with van der Waals surface area (Å²) in [5, 5.41) is 0. The minimum atomic E-state index is -0.00190. The van der Waals surface area contributed by atoms with Crippen molar-refractivity contribution in [3.8, 4) is 0 Å². The fourth-order valence-electron chi connectivity index (χ4n) is 2.57. The molecular weight excluding hydrogens is 240 g/mol. The maximum absolute atomic E-state index is 12.2. The van der Waals surface area contributed by atoms with Crippen molar-refractivity contribution in [3.63, 3.8) is 0 Å². The molecule has 2 amide bonds. The summed E-state index contributed by atoms with van der Waals surface area (Å²) in [7, 11) is 0. The molecule has 0 bridgehead atoms. The van der Waals surface area contributed by atoms with Crippen LogP contribution in [0.25, 0.3) is 0 Å². The molecule has 0 saturated carbocycles. The molecule has 1 aliphatic heterocycles. The van der Waals surface area contributed by atoms with Gasteiger partial charge in [0.25, 0.3) is 0 Å². The molecule has 0 atom stereocenters. The second kappa shape index (κ2) is 8.94. The molecule has 0 aromatic rings. The highest BCUT2D eigenvalue weighted by Crippen LogP contribution is 2.11. The van der Waals surface area contributed by atoms with Crippen LogP contribution in [0.4, 0.5) is 0 Å². The van der Waals surface area contributed by atoms with Crippen molar-refractivity contribution in [3.05, 3.63) is 0 Å². The Morgan fingerprint density at radius 1 is 0.947 bits per heavy atom. The maximum atomic E-state index is 12.2. The van der Waals surface area contributed by atoms with Gasteiger partial charge in [-0.25, -0.2) is 0 Å². The molecule has 0 aliphatic carbocycles. The van der Waals surface area contributed by atoms with Crippen LogP contribution in [0.15, 0.2) is 0 Å². The molecule has 0 radical (unpaired) electrons. The van der Waals surface area contributed by atoms with E-state index in [0.29, 0.717) is 0 Å². The summed E-state index contributed by atoms with van der Waals surface area (Å²) in [6, 6.07) is 0. The molecule has 4 nitrogen and oxygen atoms in total. The smallest absolute Gasteiger partial charge is 0.232 e. The Morgan fingerprint density at radius 2 is 1.47 bits per heavy atom. The van der Waals surface area contributed by atoms with Crippen LogP contribution >= 0.6 is 0 Å². The zero-order valence-electron chi connectivity index (χ0n) is 12.5. The Kier molecular flexibility index (Phi) is 7.53. The van der Waals surface area contributed by atoms with Crippen molar-refractivity contribution in [1.29, 1.82) is 0 Å². The summed E-state index contributed by atoms with van der Waals surface area (Å²) in [5.41, 5.74) is 0. The van der Waals surface area contributed by atoms with Crippen molar-refractivity contribution in [2.45, 2.75) is 58.8 Å². The van der Waals surface area contributed by atoms with Crippen LogP contribution in [0.3, 0.4) is 0 Å². The lowest BCUT2D eigenvalue weighted by molar-refractivity contribution is -0.140. The second-order valence-corrected chi connectivity index (χ2v) is 5.35. The van der Waals surface area contributed by atoms with Crippen LogP contribution < -0.4 is 0 Å². The molecule has 1 aliphatic rings. The summed E-state index contributed by atoms with van der Waals surface area (Å²) in [6.45, 7) is 7.31. The van der Waals surface area contributed by atoms with Crippen molar-refractivity contribution in [2.75, 3.05) is 26.2 Å². The van der Waals surface area contributed by atoms with Crippen LogP contribution in [-0.2, 0) is 9.59 Å². The van der Waals surface area contributed by atoms with Gasteiger partial charge in [0.1, 0.15) is 6.42 Å². The van der Waals surface area contributed by atoms with Crippen molar-refractivity contribution in [2.24, 2.45) is 0 Å². The normalized spacial score (nSPS) is 16.0. The van der Waals surface area contributed by atoms with Crippen molar-refractivity contribution in [1.82, 2.24) is 9.80 Å². The Hall–Kier alpha value is -1.06. The van der Waals surface area contributed by atoms with E-state index in [2.05, 4.69) is 13.8 Å². The molecule has 1 heterocycles. The van der Waals surface area contributed by atoms with Gasteiger partial charge in [-0.05, 0) is 25.7 Å². The minimum absolute atomic E-state index is 0.00190. The van der Waals surface area contributed by atoms with Crippen LogP contribution in [-0.4, -0.2) is 47.8 Å². The lowest BCUT2D eigenvalue weighted by Crippen LogP contribution is -2.39. The zero-order chi connectivity index (χ0) is 14.1. The third-order valence-corrected chi connectivity index (χ3v) is 3.60. The number of likely N-dealkylation sites (tertiary alicyclic amines) is 1. The molecule has 0 aromatic heterocycles. The third kappa shape index (κ3) is 5.62. The zero-order valence-corrected chi connectivity index (χ0v) is 12.5. The van der Waals surface area contributed by atoms with E-state index in [1.54, 1.807) is 0 Å². The first-order valence-electron chi connectivity index (χ1n) is 7.74. The fourth-order valence-corrected chi connectivity index (χ4v) is 2.57. The summed E-state index contributed by atoms with van der Waals surface area (Å²) >= 11 is 0. The standard InChI is InChI=1S/C15H28N2O2/c1-3-9-16(10-4-2)14(18)13-15(19)17-11-7-5-6-8-12-17/h3-13H2,1-2H3. The third-order valence-electron chi connectivity index (χ3n) is 3.60. The van der Waals surface area contributed by atoms with E-state index in [0.717, 1.165) is 51.9 Å². The van der Waals surface area contributed by atoms with E-state index in [1.807, 2.05) is 9.80 Å². The molecule has 110 valence electrons. The van der Waals surface area contributed by atoms with Gasteiger partial charge in [0.2, 0.25) is 11.8 Å². The van der Waals surface area contributed by atoms with Gasteiger partial charge in [0.05, 0.1) is 0 Å². The van der Waals surface area contributed by atoms with Gasteiger partial charge in [-0.2, -0.15) is 0 Å². The van der Waals surface area contributed by atoms with Gasteiger partial charge in [0.15, 0.2) is 0 Å². The SMILES string of the molecule is CCCN(CCC)C(=O)CC(=O)N1CCCCCC1. The summed E-state index contributed by atoms with van der Waals surface area (Å²) in [4.78, 5) is 28.0.